The van der Waals surface area contributed by atoms with Crippen LogP contribution < -0.4 is 10.6 Å². The van der Waals surface area contributed by atoms with Gasteiger partial charge in [0.2, 0.25) is 0 Å². The van der Waals surface area contributed by atoms with Crippen molar-refractivity contribution in [3.8, 4) is 0 Å². The van der Waals surface area contributed by atoms with Gasteiger partial charge in [-0.05, 0) is 54.8 Å². The number of hydrogen-bond donors (Lipinski definition) is 2. The lowest BCUT2D eigenvalue weighted by molar-refractivity contribution is 0.404. The van der Waals surface area contributed by atoms with Gasteiger partial charge in [-0.25, -0.2) is 0 Å². The molecule has 1 fully saturated rings. The van der Waals surface area contributed by atoms with E-state index in [1.54, 1.807) is 0 Å². The van der Waals surface area contributed by atoms with Crippen LogP contribution >= 0.6 is 24.4 Å². The zero-order chi connectivity index (χ0) is 20.3. The molecule has 2 N–H and O–H groups in total. The van der Waals surface area contributed by atoms with Gasteiger partial charge in [0, 0.05) is 39.3 Å². The van der Waals surface area contributed by atoms with Gasteiger partial charge < -0.3 is 20.4 Å². The predicted molar refractivity (Wildman–Crippen MR) is 129 cm³/mol. The molecule has 0 unspecified atom stereocenters. The fourth-order valence-electron chi connectivity index (χ4n) is 3.46. The van der Waals surface area contributed by atoms with Crippen molar-refractivity contribution >= 4 is 34.7 Å². The highest BCUT2D eigenvalue weighted by Crippen LogP contribution is 2.05. The summed E-state index contributed by atoms with van der Waals surface area (Å²) in [5.41, 5.74) is 2.66. The maximum absolute atomic E-state index is 5.63. The Hall–Kier alpha value is -2.18. The largest absolute Gasteiger partial charge is 0.362 e. The molecule has 2 aromatic carbocycles. The lowest BCUT2D eigenvalue weighted by Crippen LogP contribution is -2.45. The number of hydrogen-bond acceptors (Lipinski definition) is 2. The van der Waals surface area contributed by atoms with Crippen molar-refractivity contribution in [3.05, 3.63) is 71.8 Å². The van der Waals surface area contributed by atoms with Crippen LogP contribution in [0, 0.1) is 0 Å². The van der Waals surface area contributed by atoms with E-state index in [4.69, 9.17) is 24.4 Å². The van der Waals surface area contributed by atoms with Gasteiger partial charge >= 0.3 is 0 Å². The minimum absolute atomic E-state index is 0.853. The smallest absolute Gasteiger partial charge is 0.169 e. The third-order valence-electron chi connectivity index (χ3n) is 5.14. The van der Waals surface area contributed by atoms with Crippen LogP contribution in [0.25, 0.3) is 0 Å². The molecular weight excluding hydrogens is 396 g/mol. The molecule has 1 saturated heterocycles. The van der Waals surface area contributed by atoms with Crippen LogP contribution in [0.4, 0.5) is 0 Å². The Morgan fingerprint density at radius 1 is 0.655 bits per heavy atom. The van der Waals surface area contributed by atoms with E-state index in [0.717, 1.165) is 68.8 Å². The van der Waals surface area contributed by atoms with Gasteiger partial charge in [-0.1, -0.05) is 60.7 Å². The molecule has 0 atom stereocenters. The summed E-state index contributed by atoms with van der Waals surface area (Å²) in [6.45, 7) is 5.47. The van der Waals surface area contributed by atoms with Gasteiger partial charge in [0.1, 0.15) is 0 Å². The zero-order valence-electron chi connectivity index (χ0n) is 16.8. The average Bonchev–Trinajstić information content (AvgIpc) is 3.02. The van der Waals surface area contributed by atoms with E-state index < -0.39 is 0 Å². The second-order valence-electron chi connectivity index (χ2n) is 7.26. The molecule has 0 aromatic heterocycles. The minimum Gasteiger partial charge on any atom is -0.362 e. The Kier molecular flexibility index (Phi) is 8.71. The Morgan fingerprint density at radius 2 is 1.07 bits per heavy atom. The lowest BCUT2D eigenvalue weighted by Gasteiger charge is -2.26. The van der Waals surface area contributed by atoms with Crippen LogP contribution in [0.2, 0.25) is 0 Å². The molecule has 3 rings (SSSR count). The standard InChI is InChI=1S/C23H30N4S2/c28-22(24-14-12-20-8-3-1-4-9-20)26-16-7-17-27(19-18-26)23(29)25-15-13-21-10-5-2-6-11-21/h1-6,8-11H,7,12-19H2,(H,24,28)(H,25,29). The number of rotatable bonds is 6. The van der Waals surface area contributed by atoms with Crippen LogP contribution in [0.3, 0.4) is 0 Å². The molecule has 1 aliphatic rings. The van der Waals surface area contributed by atoms with E-state index >= 15 is 0 Å². The van der Waals surface area contributed by atoms with Crippen molar-refractivity contribution in [2.24, 2.45) is 0 Å². The molecule has 0 saturated carbocycles. The van der Waals surface area contributed by atoms with E-state index in [-0.39, 0.29) is 0 Å². The van der Waals surface area contributed by atoms with E-state index in [0.29, 0.717) is 0 Å². The summed E-state index contributed by atoms with van der Waals surface area (Å²) in [7, 11) is 0. The first kappa shape index (κ1) is 21.5. The highest BCUT2D eigenvalue weighted by Gasteiger charge is 2.18. The molecular formula is C23H30N4S2. The number of benzene rings is 2. The molecule has 2 aromatic rings. The van der Waals surface area contributed by atoms with Gasteiger partial charge in [0.25, 0.3) is 0 Å². The maximum Gasteiger partial charge on any atom is 0.169 e. The van der Waals surface area contributed by atoms with Gasteiger partial charge in [-0.2, -0.15) is 0 Å². The van der Waals surface area contributed by atoms with Crippen molar-refractivity contribution < 1.29 is 0 Å². The maximum atomic E-state index is 5.63. The Balaban J connectivity index is 1.36. The van der Waals surface area contributed by atoms with Crippen molar-refractivity contribution in [2.45, 2.75) is 19.3 Å². The number of thiocarbonyl (C=S) groups is 2. The molecule has 0 radical (unpaired) electrons. The SMILES string of the molecule is S=C(NCCc1ccccc1)N1CCCN(C(=S)NCCc2ccccc2)CC1. The molecule has 6 heteroatoms. The molecule has 4 nitrogen and oxygen atoms in total. The first-order chi connectivity index (χ1) is 14.2. The zero-order valence-corrected chi connectivity index (χ0v) is 18.5. The van der Waals surface area contributed by atoms with Crippen molar-refractivity contribution in [3.63, 3.8) is 0 Å². The van der Waals surface area contributed by atoms with Crippen molar-refractivity contribution in [2.75, 3.05) is 39.3 Å². The van der Waals surface area contributed by atoms with E-state index in [9.17, 15) is 0 Å². The van der Waals surface area contributed by atoms with Crippen LogP contribution in [-0.2, 0) is 12.8 Å². The Morgan fingerprint density at radius 3 is 1.48 bits per heavy atom. The predicted octanol–water partition coefficient (Wildman–Crippen LogP) is 3.23. The van der Waals surface area contributed by atoms with Crippen molar-refractivity contribution in [1.82, 2.24) is 20.4 Å². The second-order valence-corrected chi connectivity index (χ2v) is 8.04. The van der Waals surface area contributed by atoms with Crippen molar-refractivity contribution in [1.29, 1.82) is 0 Å². The lowest BCUT2D eigenvalue weighted by atomic mass is 10.1. The minimum atomic E-state index is 0.853. The summed E-state index contributed by atoms with van der Waals surface area (Å²) >= 11 is 11.3. The summed E-state index contributed by atoms with van der Waals surface area (Å²) in [4.78, 5) is 4.54. The van der Waals surface area contributed by atoms with E-state index in [1.165, 1.54) is 11.1 Å². The summed E-state index contributed by atoms with van der Waals surface area (Å²) in [5, 5.41) is 8.54. The third kappa shape index (κ3) is 7.29. The van der Waals surface area contributed by atoms with Gasteiger partial charge in [0.05, 0.1) is 0 Å². The van der Waals surface area contributed by atoms with Gasteiger partial charge in [0.15, 0.2) is 10.2 Å². The molecule has 0 aliphatic carbocycles. The Bertz CT molecular complexity index is 701. The first-order valence-electron chi connectivity index (χ1n) is 10.4. The van der Waals surface area contributed by atoms with Crippen LogP contribution in [0.15, 0.2) is 60.7 Å². The van der Waals surface area contributed by atoms with E-state index in [1.807, 2.05) is 12.1 Å². The molecule has 29 heavy (non-hydrogen) atoms. The quantitative estimate of drug-likeness (QED) is 0.690. The fourth-order valence-corrected chi connectivity index (χ4v) is 4.03. The topological polar surface area (TPSA) is 30.5 Å². The van der Waals surface area contributed by atoms with Crippen LogP contribution in [-0.4, -0.2) is 59.3 Å². The normalized spacial score (nSPS) is 14.2. The molecule has 0 bridgehead atoms. The number of nitrogens with one attached hydrogen (secondary N) is 2. The van der Waals surface area contributed by atoms with Gasteiger partial charge in [-0.3, -0.25) is 0 Å². The third-order valence-corrected chi connectivity index (χ3v) is 5.94. The molecule has 154 valence electrons. The Labute approximate surface area is 185 Å². The van der Waals surface area contributed by atoms with Crippen LogP contribution in [0.5, 0.6) is 0 Å². The first-order valence-corrected chi connectivity index (χ1v) is 11.2. The highest BCUT2D eigenvalue weighted by atomic mass is 32.1. The molecule has 1 heterocycles. The van der Waals surface area contributed by atoms with Gasteiger partial charge in [-0.15, -0.1) is 0 Å². The monoisotopic (exact) mass is 426 g/mol. The number of nitrogens with zero attached hydrogens (tertiary/aromatic N) is 2. The average molecular weight is 427 g/mol. The second kappa shape index (κ2) is 11.7. The van der Waals surface area contributed by atoms with E-state index in [2.05, 4.69) is 69.0 Å². The highest BCUT2D eigenvalue weighted by molar-refractivity contribution is 7.80. The van der Waals surface area contributed by atoms with Crippen LogP contribution in [0.1, 0.15) is 17.5 Å². The fraction of sp³-hybridized carbons (Fsp3) is 0.391. The molecule has 0 spiro atoms. The summed E-state index contributed by atoms with van der Waals surface area (Å²) in [6.07, 6.45) is 3.02. The summed E-state index contributed by atoms with van der Waals surface area (Å²) in [5.74, 6) is 0. The summed E-state index contributed by atoms with van der Waals surface area (Å²) < 4.78 is 0. The summed E-state index contributed by atoms with van der Waals surface area (Å²) in [6, 6.07) is 21.0. The molecule has 0 amide bonds. The molecule has 1 aliphatic heterocycles.